The topological polar surface area (TPSA) is 54.1 Å². The lowest BCUT2D eigenvalue weighted by atomic mass is 10.1. The van der Waals surface area contributed by atoms with Crippen LogP contribution in [-0.2, 0) is 6.42 Å². The van der Waals surface area contributed by atoms with Gasteiger partial charge >= 0.3 is 0 Å². The van der Waals surface area contributed by atoms with Gasteiger partial charge in [-0.05, 0) is 23.8 Å². The molecule has 2 heterocycles. The Morgan fingerprint density at radius 1 is 1.05 bits per heavy atom. The molecule has 1 aliphatic rings. The summed E-state index contributed by atoms with van der Waals surface area (Å²) < 4.78 is 5.88. The molecule has 104 valence electrons. The van der Waals surface area contributed by atoms with Crippen LogP contribution in [0.2, 0.25) is 0 Å². The number of fused-ring (bicyclic) bond motifs is 2. The van der Waals surface area contributed by atoms with Crippen molar-refractivity contribution in [1.82, 2.24) is 10.3 Å². The zero-order valence-electron chi connectivity index (χ0n) is 11.3. The van der Waals surface area contributed by atoms with E-state index in [1.54, 1.807) is 6.07 Å². The summed E-state index contributed by atoms with van der Waals surface area (Å²) in [7, 11) is 0. The van der Waals surface area contributed by atoms with Crippen molar-refractivity contribution in [3.8, 4) is 5.75 Å². The highest BCUT2D eigenvalue weighted by Crippen LogP contribution is 2.25. The molecule has 1 aromatic heterocycles. The molecular weight excluding hydrogens is 264 g/mol. The third-order valence-corrected chi connectivity index (χ3v) is 3.77. The Labute approximate surface area is 121 Å². The smallest absolute Gasteiger partial charge is 0.257 e. The van der Waals surface area contributed by atoms with Gasteiger partial charge in [-0.3, -0.25) is 4.79 Å². The summed E-state index contributed by atoms with van der Waals surface area (Å²) in [6.45, 7) is 0. The van der Waals surface area contributed by atoms with Crippen LogP contribution >= 0.6 is 0 Å². The van der Waals surface area contributed by atoms with Gasteiger partial charge in [-0.2, -0.15) is 0 Å². The van der Waals surface area contributed by atoms with E-state index in [2.05, 4.69) is 16.4 Å². The standard InChI is InChI=1S/C17H14N2O2/c20-17-13-6-2-4-8-15(13)21-16(19-17)9-11-10-18-14-7-3-1-5-12(11)14/h1-8,10,16,18H,9H2,(H,19,20). The van der Waals surface area contributed by atoms with Crippen LogP contribution in [0.4, 0.5) is 0 Å². The van der Waals surface area contributed by atoms with Crippen molar-refractivity contribution in [2.24, 2.45) is 0 Å². The van der Waals surface area contributed by atoms with E-state index in [1.807, 2.05) is 42.6 Å². The Hall–Kier alpha value is -2.75. The van der Waals surface area contributed by atoms with Gasteiger partial charge in [0.15, 0.2) is 6.23 Å². The van der Waals surface area contributed by atoms with Gasteiger partial charge in [0.25, 0.3) is 5.91 Å². The number of H-pyrrole nitrogens is 1. The highest BCUT2D eigenvalue weighted by Gasteiger charge is 2.25. The quantitative estimate of drug-likeness (QED) is 0.757. The summed E-state index contributed by atoms with van der Waals surface area (Å²) >= 11 is 0. The second kappa shape index (κ2) is 4.66. The number of ether oxygens (including phenoxy) is 1. The maximum Gasteiger partial charge on any atom is 0.257 e. The molecule has 4 nitrogen and oxygen atoms in total. The van der Waals surface area contributed by atoms with Gasteiger partial charge in [0.2, 0.25) is 0 Å². The monoisotopic (exact) mass is 278 g/mol. The van der Waals surface area contributed by atoms with Crippen molar-refractivity contribution in [3.63, 3.8) is 0 Å². The summed E-state index contributed by atoms with van der Waals surface area (Å²) in [6, 6.07) is 15.4. The molecule has 0 spiro atoms. The number of amides is 1. The van der Waals surface area contributed by atoms with Crippen molar-refractivity contribution < 1.29 is 9.53 Å². The molecule has 0 saturated heterocycles. The van der Waals surface area contributed by atoms with E-state index in [0.717, 1.165) is 16.5 Å². The van der Waals surface area contributed by atoms with E-state index >= 15 is 0 Å². The average Bonchev–Trinajstić information content (AvgIpc) is 2.91. The largest absolute Gasteiger partial charge is 0.469 e. The van der Waals surface area contributed by atoms with E-state index in [1.165, 1.54) is 0 Å². The summed E-state index contributed by atoms with van der Waals surface area (Å²) in [5.41, 5.74) is 2.82. The fourth-order valence-electron chi connectivity index (χ4n) is 2.76. The predicted molar refractivity (Wildman–Crippen MR) is 80.3 cm³/mol. The molecule has 0 radical (unpaired) electrons. The van der Waals surface area contributed by atoms with Gasteiger partial charge in [0, 0.05) is 23.5 Å². The average molecular weight is 278 g/mol. The van der Waals surface area contributed by atoms with Crippen molar-refractivity contribution in [2.75, 3.05) is 0 Å². The molecule has 21 heavy (non-hydrogen) atoms. The van der Waals surface area contributed by atoms with E-state index in [9.17, 15) is 4.79 Å². The first-order valence-corrected chi connectivity index (χ1v) is 6.93. The van der Waals surface area contributed by atoms with E-state index < -0.39 is 0 Å². The molecule has 0 saturated carbocycles. The van der Waals surface area contributed by atoms with Gasteiger partial charge in [0.05, 0.1) is 5.56 Å². The SMILES string of the molecule is O=C1NC(Cc2c[nH]c3ccccc23)Oc2ccccc21. The number of carbonyl (C=O) groups excluding carboxylic acids is 1. The summed E-state index contributed by atoms with van der Waals surface area (Å²) in [4.78, 5) is 15.3. The van der Waals surface area contributed by atoms with Crippen LogP contribution in [0.15, 0.2) is 54.7 Å². The lowest BCUT2D eigenvalue weighted by molar-refractivity contribution is 0.0758. The third kappa shape index (κ3) is 2.05. The maximum absolute atomic E-state index is 12.1. The van der Waals surface area contributed by atoms with Crippen LogP contribution in [-0.4, -0.2) is 17.1 Å². The Bertz CT molecular complexity index is 822. The third-order valence-electron chi connectivity index (χ3n) is 3.77. The normalized spacial score (nSPS) is 17.1. The van der Waals surface area contributed by atoms with Crippen molar-refractivity contribution in [2.45, 2.75) is 12.6 Å². The van der Waals surface area contributed by atoms with Crippen molar-refractivity contribution in [1.29, 1.82) is 0 Å². The number of aromatic nitrogens is 1. The molecule has 1 unspecified atom stereocenters. The summed E-state index contributed by atoms with van der Waals surface area (Å²) in [5.74, 6) is 0.563. The van der Waals surface area contributed by atoms with Crippen molar-refractivity contribution in [3.05, 3.63) is 65.9 Å². The number of para-hydroxylation sites is 2. The zero-order valence-corrected chi connectivity index (χ0v) is 11.3. The lowest BCUT2D eigenvalue weighted by Gasteiger charge is -2.26. The first kappa shape index (κ1) is 12.0. The predicted octanol–water partition coefficient (Wildman–Crippen LogP) is 2.86. The second-order valence-corrected chi connectivity index (χ2v) is 5.14. The molecule has 0 bridgehead atoms. The highest BCUT2D eigenvalue weighted by atomic mass is 16.5. The minimum absolute atomic E-state index is 0.0818. The number of rotatable bonds is 2. The molecule has 2 aromatic carbocycles. The van der Waals surface area contributed by atoms with Crippen molar-refractivity contribution >= 4 is 16.8 Å². The van der Waals surface area contributed by atoms with Gasteiger partial charge in [-0.15, -0.1) is 0 Å². The molecule has 1 atom stereocenters. The number of hydrogen-bond donors (Lipinski definition) is 2. The van der Waals surface area contributed by atoms with E-state index in [0.29, 0.717) is 17.7 Å². The molecule has 0 fully saturated rings. The molecule has 2 N–H and O–H groups in total. The molecule has 0 aliphatic carbocycles. The number of nitrogens with one attached hydrogen (secondary N) is 2. The zero-order chi connectivity index (χ0) is 14.2. The van der Waals surface area contributed by atoms with E-state index in [4.69, 9.17) is 4.74 Å². The number of aromatic amines is 1. The minimum Gasteiger partial charge on any atom is -0.469 e. The second-order valence-electron chi connectivity index (χ2n) is 5.14. The van der Waals surface area contributed by atoms with Crippen LogP contribution in [0.1, 0.15) is 15.9 Å². The fraction of sp³-hybridized carbons (Fsp3) is 0.118. The van der Waals surface area contributed by atoms with Crippen LogP contribution in [0.25, 0.3) is 10.9 Å². The number of benzene rings is 2. The first-order valence-electron chi connectivity index (χ1n) is 6.93. The fourth-order valence-corrected chi connectivity index (χ4v) is 2.76. The summed E-state index contributed by atoms with van der Waals surface area (Å²) in [6.07, 6.45) is 2.26. The molecule has 4 heteroatoms. The maximum atomic E-state index is 12.1. The summed E-state index contributed by atoms with van der Waals surface area (Å²) in [5, 5.41) is 4.06. The van der Waals surface area contributed by atoms with Crippen LogP contribution < -0.4 is 10.1 Å². The Morgan fingerprint density at radius 3 is 2.81 bits per heavy atom. The minimum atomic E-state index is -0.341. The molecule has 1 aliphatic heterocycles. The molecule has 4 rings (SSSR count). The highest BCUT2D eigenvalue weighted by molar-refractivity contribution is 5.98. The number of carbonyl (C=O) groups is 1. The Morgan fingerprint density at radius 2 is 1.86 bits per heavy atom. The Balaban J connectivity index is 1.63. The Kier molecular flexibility index (Phi) is 2.67. The van der Waals surface area contributed by atoms with Crippen LogP contribution in [0.5, 0.6) is 5.75 Å². The molecular formula is C17H14N2O2. The first-order chi connectivity index (χ1) is 10.3. The van der Waals surface area contributed by atoms with Gasteiger partial charge in [-0.25, -0.2) is 0 Å². The van der Waals surface area contributed by atoms with Gasteiger partial charge in [0.1, 0.15) is 5.75 Å². The van der Waals surface area contributed by atoms with Gasteiger partial charge in [-0.1, -0.05) is 30.3 Å². The number of hydrogen-bond acceptors (Lipinski definition) is 2. The van der Waals surface area contributed by atoms with Crippen LogP contribution in [0.3, 0.4) is 0 Å². The lowest BCUT2D eigenvalue weighted by Crippen LogP contribution is -2.44. The molecule has 1 amide bonds. The van der Waals surface area contributed by atoms with Crippen LogP contribution in [0, 0.1) is 0 Å². The molecule has 3 aromatic rings. The van der Waals surface area contributed by atoms with Gasteiger partial charge < -0.3 is 15.0 Å². The van der Waals surface area contributed by atoms with E-state index in [-0.39, 0.29) is 12.1 Å².